The van der Waals surface area contributed by atoms with Crippen molar-refractivity contribution in [2.45, 2.75) is 79.1 Å². The summed E-state index contributed by atoms with van der Waals surface area (Å²) in [5.74, 6) is 0. The molecule has 0 nitrogen and oxygen atoms in total. The van der Waals surface area contributed by atoms with Crippen molar-refractivity contribution in [1.29, 1.82) is 0 Å². The van der Waals surface area contributed by atoms with Crippen LogP contribution in [0.15, 0.2) is 0 Å². The Bertz CT molecular complexity index is 41.1. The van der Waals surface area contributed by atoms with Crippen molar-refractivity contribution in [2.24, 2.45) is 0 Å². The predicted molar refractivity (Wildman–Crippen MR) is 92.6 cm³/mol. The smallest absolute Gasteiger partial charge is 0.346 e. The zero-order chi connectivity index (χ0) is 13.7. The average Bonchev–Trinajstić information content (AvgIpc) is 2.39. The Morgan fingerprint density at radius 1 is 0.556 bits per heavy atom. The van der Waals surface area contributed by atoms with Gasteiger partial charge in [0, 0.05) is 0 Å². The van der Waals surface area contributed by atoms with Gasteiger partial charge in [-0.3, -0.25) is 0 Å². The van der Waals surface area contributed by atoms with Crippen LogP contribution in [0.2, 0.25) is 0 Å². The molecule has 2 heteroatoms. The normalized spacial score (nSPS) is 6.67. The van der Waals surface area contributed by atoms with Gasteiger partial charge < -0.3 is 27.7 Å². The molecule has 0 radical (unpaired) electrons. The molecule has 0 fully saturated rings. The van der Waals surface area contributed by atoms with Crippen molar-refractivity contribution in [3.63, 3.8) is 0 Å². The molecule has 0 bridgehead atoms. The van der Waals surface area contributed by atoms with Gasteiger partial charge in [-0.05, 0) is 0 Å². The molecular formula is C16H36Mg2. The van der Waals surface area contributed by atoms with Crippen molar-refractivity contribution in [2.75, 3.05) is 0 Å². The van der Waals surface area contributed by atoms with E-state index in [0.717, 1.165) is 12.8 Å². The van der Waals surface area contributed by atoms with Gasteiger partial charge in [-0.15, -0.1) is 0 Å². The van der Waals surface area contributed by atoms with E-state index in [1.54, 1.807) is 13.8 Å². The van der Waals surface area contributed by atoms with Gasteiger partial charge in [-0.2, -0.15) is 26.7 Å². The second-order valence-corrected chi connectivity index (χ2v) is 3.12. The van der Waals surface area contributed by atoms with E-state index in [4.69, 9.17) is 0 Å². The zero-order valence-corrected chi connectivity index (χ0v) is 16.7. The molecule has 0 aliphatic carbocycles. The van der Waals surface area contributed by atoms with Crippen molar-refractivity contribution >= 4 is 46.1 Å². The fourth-order valence-electron chi connectivity index (χ4n) is 0.854. The SMILES string of the molecule is [CH2-]C.[CH2-]C.[CH2-]CCCCC.[CH2-]CCCCC.[Mg+2].[Mg+2]. The maximum atomic E-state index is 3.72. The molecule has 0 unspecified atom stereocenters. The van der Waals surface area contributed by atoms with Crippen molar-refractivity contribution in [1.82, 2.24) is 0 Å². The summed E-state index contributed by atoms with van der Waals surface area (Å²) in [6, 6.07) is 0. The quantitative estimate of drug-likeness (QED) is 0.331. The van der Waals surface area contributed by atoms with Crippen LogP contribution in [0.5, 0.6) is 0 Å². The molecule has 0 saturated heterocycles. The molecule has 0 aromatic rings. The minimum Gasteiger partial charge on any atom is -0.346 e. The Kier molecular flexibility index (Phi) is 128. The van der Waals surface area contributed by atoms with Gasteiger partial charge in [0.2, 0.25) is 0 Å². The van der Waals surface area contributed by atoms with Crippen molar-refractivity contribution in [3.05, 3.63) is 27.7 Å². The van der Waals surface area contributed by atoms with Crippen LogP contribution in [0, 0.1) is 27.7 Å². The summed E-state index contributed by atoms with van der Waals surface area (Å²) in [5.41, 5.74) is 0. The van der Waals surface area contributed by atoms with E-state index in [1.807, 2.05) is 0 Å². The zero-order valence-electron chi connectivity index (χ0n) is 13.9. The van der Waals surface area contributed by atoms with E-state index in [9.17, 15) is 0 Å². The molecule has 0 amide bonds. The van der Waals surface area contributed by atoms with Crippen molar-refractivity contribution < 1.29 is 0 Å². The van der Waals surface area contributed by atoms with Crippen LogP contribution in [0.3, 0.4) is 0 Å². The molecule has 0 saturated carbocycles. The molecule has 0 heterocycles. The minimum atomic E-state index is 0. The largest absolute Gasteiger partial charge is 2.00 e. The molecule has 0 N–H and O–H groups in total. The number of hydrogen-bond donors (Lipinski definition) is 0. The first-order chi connectivity index (χ1) is 7.83. The Balaban J connectivity index is -0.0000000287. The molecule has 0 spiro atoms. The molecule has 0 aliphatic heterocycles. The van der Waals surface area contributed by atoms with Gasteiger partial charge >= 0.3 is 46.1 Å². The Morgan fingerprint density at radius 3 is 0.833 bits per heavy atom. The molecule has 0 aromatic heterocycles. The topological polar surface area (TPSA) is 0 Å². The Hall–Kier alpha value is 1.53. The van der Waals surface area contributed by atoms with Crippen LogP contribution in [-0.4, -0.2) is 46.1 Å². The van der Waals surface area contributed by atoms with E-state index in [-0.39, 0.29) is 46.1 Å². The summed E-state index contributed by atoms with van der Waals surface area (Å²) < 4.78 is 0. The summed E-state index contributed by atoms with van der Waals surface area (Å²) in [7, 11) is 0. The van der Waals surface area contributed by atoms with Gasteiger partial charge in [0.1, 0.15) is 0 Å². The van der Waals surface area contributed by atoms with Gasteiger partial charge in [-0.25, -0.2) is 0 Å². The number of rotatable bonds is 6. The van der Waals surface area contributed by atoms with E-state index >= 15 is 0 Å². The molecule has 18 heavy (non-hydrogen) atoms. The fraction of sp³-hybridized carbons (Fsp3) is 0.750. The average molecular weight is 277 g/mol. The number of unbranched alkanes of at least 4 members (excludes halogenated alkanes) is 6. The van der Waals surface area contributed by atoms with Gasteiger partial charge in [0.05, 0.1) is 0 Å². The fourth-order valence-corrected chi connectivity index (χ4v) is 0.854. The second-order valence-electron chi connectivity index (χ2n) is 3.12. The molecule has 104 valence electrons. The Morgan fingerprint density at radius 2 is 0.778 bits per heavy atom. The summed E-state index contributed by atoms with van der Waals surface area (Å²) in [5, 5.41) is 0. The van der Waals surface area contributed by atoms with Crippen LogP contribution in [0.25, 0.3) is 0 Å². The van der Waals surface area contributed by atoms with Gasteiger partial charge in [0.15, 0.2) is 0 Å². The van der Waals surface area contributed by atoms with Crippen LogP contribution < -0.4 is 0 Å². The second kappa shape index (κ2) is 62.7. The minimum absolute atomic E-state index is 0. The molecule has 0 aromatic carbocycles. The maximum absolute atomic E-state index is 3.72. The monoisotopic (exact) mass is 276 g/mol. The molecule has 0 atom stereocenters. The van der Waals surface area contributed by atoms with Crippen LogP contribution in [0.4, 0.5) is 0 Å². The molecule has 0 aliphatic rings. The van der Waals surface area contributed by atoms with Gasteiger partial charge in [0.25, 0.3) is 0 Å². The van der Waals surface area contributed by atoms with E-state index in [2.05, 4.69) is 41.5 Å². The Labute approximate surface area is 152 Å². The first-order valence-corrected chi connectivity index (χ1v) is 6.83. The summed E-state index contributed by atoms with van der Waals surface area (Å²) in [6.07, 6.45) is 10.1. The van der Waals surface area contributed by atoms with Gasteiger partial charge in [-0.1, -0.05) is 52.4 Å². The van der Waals surface area contributed by atoms with E-state index in [0.29, 0.717) is 0 Å². The number of hydrogen-bond acceptors (Lipinski definition) is 0. The first-order valence-electron chi connectivity index (χ1n) is 6.83. The summed E-state index contributed by atoms with van der Waals surface area (Å²) in [6.45, 7) is 21.9. The summed E-state index contributed by atoms with van der Waals surface area (Å²) >= 11 is 0. The standard InChI is InChI=1S/2C6H13.2C2H5.2Mg/c2*1-3-5-6-4-2;2*1-2;;/h2*1,3-6H2,2H3;2*1H2,2H3;;/q4*-1;2*+2. The third-order valence-electron chi connectivity index (χ3n) is 1.71. The van der Waals surface area contributed by atoms with Crippen LogP contribution in [0.1, 0.15) is 79.1 Å². The van der Waals surface area contributed by atoms with E-state index in [1.165, 1.54) is 38.5 Å². The summed E-state index contributed by atoms with van der Waals surface area (Å²) in [4.78, 5) is 0. The third-order valence-corrected chi connectivity index (χ3v) is 1.71. The third kappa shape index (κ3) is 84.5. The van der Waals surface area contributed by atoms with Crippen LogP contribution in [-0.2, 0) is 0 Å². The molecular weight excluding hydrogens is 241 g/mol. The van der Waals surface area contributed by atoms with E-state index < -0.39 is 0 Å². The van der Waals surface area contributed by atoms with Crippen LogP contribution >= 0.6 is 0 Å². The predicted octanol–water partition coefficient (Wildman–Crippen LogP) is 5.72. The maximum Gasteiger partial charge on any atom is 2.00 e. The first kappa shape index (κ1) is 36.6. The molecule has 0 rings (SSSR count). The van der Waals surface area contributed by atoms with Crippen molar-refractivity contribution in [3.8, 4) is 0 Å².